The number of hydrogen-bond donors (Lipinski definition) is 0. The predicted octanol–water partition coefficient (Wildman–Crippen LogP) is 5.50. The maximum absolute atomic E-state index is 13.0. The maximum Gasteiger partial charge on any atom is 0.410 e. The molecule has 4 rings (SSSR count). The first-order chi connectivity index (χ1) is 13.7. The second-order valence-electron chi connectivity index (χ2n) is 9.03. The molecule has 1 saturated carbocycles. The molecule has 2 bridgehead atoms. The Balaban J connectivity index is 1.33. The maximum atomic E-state index is 13.0. The predicted molar refractivity (Wildman–Crippen MR) is 109 cm³/mol. The number of piperidine rings is 2. The number of nitrogens with zero attached hydrogens (tertiary/aromatic N) is 1. The van der Waals surface area contributed by atoms with Gasteiger partial charge in [0.05, 0.1) is 0 Å². The molecule has 1 amide bonds. The van der Waals surface area contributed by atoms with Gasteiger partial charge in [0.25, 0.3) is 0 Å². The Morgan fingerprint density at radius 1 is 0.893 bits per heavy atom. The molecule has 152 valence electrons. The fraction of sp³-hybridized carbons (Fsp3) is 0.667. The molecule has 28 heavy (non-hydrogen) atoms. The number of fused-ring (bicyclic) bond motifs is 2. The van der Waals surface area contributed by atoms with Crippen LogP contribution in [-0.4, -0.2) is 28.9 Å². The van der Waals surface area contributed by atoms with Gasteiger partial charge in [0.2, 0.25) is 0 Å². The highest BCUT2D eigenvalue weighted by molar-refractivity contribution is 5.82. The fourth-order valence-electron chi connectivity index (χ4n) is 5.58. The van der Waals surface area contributed by atoms with Gasteiger partial charge in [0.15, 0.2) is 0 Å². The molecular weight excluding hydrogens is 350 g/mol. The van der Waals surface area contributed by atoms with Crippen molar-refractivity contribution < 1.29 is 14.3 Å². The minimum absolute atomic E-state index is 0.149. The summed E-state index contributed by atoms with van der Waals surface area (Å²) in [7, 11) is 0. The molecule has 1 aromatic rings. The summed E-state index contributed by atoms with van der Waals surface area (Å²) >= 11 is 0. The van der Waals surface area contributed by atoms with Crippen LogP contribution in [0.15, 0.2) is 30.3 Å². The zero-order chi connectivity index (χ0) is 19.3. The topological polar surface area (TPSA) is 46.6 Å². The van der Waals surface area contributed by atoms with Gasteiger partial charge in [-0.3, -0.25) is 4.79 Å². The molecule has 0 aromatic heterocycles. The Morgan fingerprint density at radius 3 is 2.25 bits per heavy atom. The summed E-state index contributed by atoms with van der Waals surface area (Å²) in [4.78, 5) is 27.7. The quantitative estimate of drug-likeness (QED) is 0.675. The Morgan fingerprint density at radius 2 is 1.57 bits per heavy atom. The number of amides is 1. The van der Waals surface area contributed by atoms with Crippen LogP contribution in [0.25, 0.3) is 0 Å². The van der Waals surface area contributed by atoms with Gasteiger partial charge in [-0.2, -0.15) is 0 Å². The van der Waals surface area contributed by atoms with E-state index in [1.54, 1.807) is 0 Å². The van der Waals surface area contributed by atoms with Gasteiger partial charge < -0.3 is 9.64 Å². The van der Waals surface area contributed by atoms with Gasteiger partial charge in [-0.1, -0.05) is 62.4 Å². The molecule has 2 saturated heterocycles. The SMILES string of the molecule is O=C(CC1CCCCC1)C1CC2CCCC(C1)N2C(=O)OCc1ccccc1. The Labute approximate surface area is 168 Å². The zero-order valence-corrected chi connectivity index (χ0v) is 16.9. The third-order valence-electron chi connectivity index (χ3n) is 7.06. The summed E-state index contributed by atoms with van der Waals surface area (Å²) in [5, 5.41) is 0. The van der Waals surface area contributed by atoms with E-state index >= 15 is 0 Å². The molecule has 2 aliphatic heterocycles. The molecule has 3 fully saturated rings. The lowest BCUT2D eigenvalue weighted by atomic mass is 9.74. The second kappa shape index (κ2) is 9.11. The van der Waals surface area contributed by atoms with Crippen LogP contribution in [0.3, 0.4) is 0 Å². The molecule has 0 spiro atoms. The number of ketones is 1. The van der Waals surface area contributed by atoms with Crippen molar-refractivity contribution in [1.82, 2.24) is 4.90 Å². The number of benzene rings is 1. The van der Waals surface area contributed by atoms with Crippen molar-refractivity contribution in [2.75, 3.05) is 0 Å². The molecule has 0 radical (unpaired) electrons. The largest absolute Gasteiger partial charge is 0.445 e. The monoisotopic (exact) mass is 383 g/mol. The first-order valence-corrected chi connectivity index (χ1v) is 11.2. The summed E-state index contributed by atoms with van der Waals surface area (Å²) in [6, 6.07) is 10.2. The van der Waals surface area contributed by atoms with E-state index in [1.165, 1.54) is 32.1 Å². The number of ether oxygens (including phenoxy) is 1. The number of Topliss-reactive ketones (excluding diaryl/α,β-unsaturated/α-hetero) is 1. The third-order valence-corrected chi connectivity index (χ3v) is 7.06. The number of carbonyl (C=O) groups is 2. The van der Waals surface area contributed by atoms with E-state index in [9.17, 15) is 9.59 Å². The lowest BCUT2D eigenvalue weighted by Crippen LogP contribution is -2.55. The van der Waals surface area contributed by atoms with Crippen LogP contribution in [0.4, 0.5) is 4.79 Å². The standard InChI is InChI=1S/C24H33NO3/c26-23(14-18-8-3-1-4-9-18)20-15-21-12-7-13-22(16-20)25(21)24(27)28-17-19-10-5-2-6-11-19/h2,5-6,10-11,18,20-22H,1,3-4,7-9,12-17H2. The van der Waals surface area contributed by atoms with Crippen LogP contribution in [0, 0.1) is 11.8 Å². The van der Waals surface area contributed by atoms with Crippen molar-refractivity contribution in [2.45, 2.75) is 89.3 Å². The number of hydrogen-bond acceptors (Lipinski definition) is 3. The van der Waals surface area contributed by atoms with Crippen LogP contribution >= 0.6 is 0 Å². The first kappa shape index (κ1) is 19.5. The Bertz CT molecular complexity index is 654. The Kier molecular flexibility index (Phi) is 6.33. The summed E-state index contributed by atoms with van der Waals surface area (Å²) < 4.78 is 5.62. The van der Waals surface area contributed by atoms with E-state index in [2.05, 4.69) is 0 Å². The molecule has 2 unspecified atom stereocenters. The number of rotatable bonds is 5. The third kappa shape index (κ3) is 4.59. The van der Waals surface area contributed by atoms with E-state index in [0.717, 1.165) is 44.1 Å². The smallest absolute Gasteiger partial charge is 0.410 e. The van der Waals surface area contributed by atoms with Crippen molar-refractivity contribution in [3.05, 3.63) is 35.9 Å². The molecule has 0 N–H and O–H groups in total. The van der Waals surface area contributed by atoms with Crippen molar-refractivity contribution >= 4 is 11.9 Å². The average molecular weight is 384 g/mol. The molecule has 4 heteroatoms. The van der Waals surface area contributed by atoms with E-state index in [-0.39, 0.29) is 24.1 Å². The van der Waals surface area contributed by atoms with Gasteiger partial charge in [0.1, 0.15) is 12.4 Å². The summed E-state index contributed by atoms with van der Waals surface area (Å²) in [6.45, 7) is 0.319. The van der Waals surface area contributed by atoms with Crippen LogP contribution in [0.1, 0.15) is 76.2 Å². The van der Waals surface area contributed by atoms with E-state index in [4.69, 9.17) is 4.74 Å². The molecule has 1 aromatic carbocycles. The van der Waals surface area contributed by atoms with Crippen LogP contribution in [0.2, 0.25) is 0 Å². The lowest BCUT2D eigenvalue weighted by Gasteiger charge is -2.47. The normalized spacial score (nSPS) is 28.0. The zero-order valence-electron chi connectivity index (χ0n) is 16.9. The number of carbonyl (C=O) groups excluding carboxylic acids is 2. The lowest BCUT2D eigenvalue weighted by molar-refractivity contribution is -0.127. The minimum atomic E-state index is -0.197. The molecule has 2 heterocycles. The van der Waals surface area contributed by atoms with Gasteiger partial charge >= 0.3 is 6.09 Å². The van der Waals surface area contributed by atoms with Crippen molar-refractivity contribution in [1.29, 1.82) is 0 Å². The molecule has 3 aliphatic rings. The average Bonchev–Trinajstić information content (AvgIpc) is 2.72. The van der Waals surface area contributed by atoms with E-state index in [1.807, 2.05) is 35.2 Å². The summed E-state index contributed by atoms with van der Waals surface area (Å²) in [5.74, 6) is 1.21. The highest BCUT2D eigenvalue weighted by Gasteiger charge is 2.43. The second-order valence-corrected chi connectivity index (χ2v) is 9.03. The van der Waals surface area contributed by atoms with Crippen LogP contribution in [0.5, 0.6) is 0 Å². The van der Waals surface area contributed by atoms with E-state index < -0.39 is 0 Å². The molecule has 1 aliphatic carbocycles. The van der Waals surface area contributed by atoms with Crippen molar-refractivity contribution in [2.24, 2.45) is 11.8 Å². The van der Waals surface area contributed by atoms with Crippen molar-refractivity contribution in [3.8, 4) is 0 Å². The van der Waals surface area contributed by atoms with E-state index in [0.29, 0.717) is 18.3 Å². The highest BCUT2D eigenvalue weighted by Crippen LogP contribution is 2.39. The first-order valence-electron chi connectivity index (χ1n) is 11.2. The van der Waals surface area contributed by atoms with Gasteiger partial charge in [0, 0.05) is 24.4 Å². The summed E-state index contributed by atoms with van der Waals surface area (Å²) in [6.07, 6.45) is 11.8. The molecular formula is C24H33NO3. The fourth-order valence-corrected chi connectivity index (χ4v) is 5.58. The molecule has 2 atom stereocenters. The Hall–Kier alpha value is -1.84. The van der Waals surface area contributed by atoms with Gasteiger partial charge in [-0.05, 0) is 43.6 Å². The van der Waals surface area contributed by atoms with Crippen LogP contribution in [-0.2, 0) is 16.1 Å². The highest BCUT2D eigenvalue weighted by atomic mass is 16.6. The minimum Gasteiger partial charge on any atom is -0.445 e. The van der Waals surface area contributed by atoms with Gasteiger partial charge in [-0.15, -0.1) is 0 Å². The van der Waals surface area contributed by atoms with Crippen LogP contribution < -0.4 is 0 Å². The van der Waals surface area contributed by atoms with Gasteiger partial charge in [-0.25, -0.2) is 4.79 Å². The molecule has 4 nitrogen and oxygen atoms in total. The van der Waals surface area contributed by atoms with Crippen molar-refractivity contribution in [3.63, 3.8) is 0 Å². The summed E-state index contributed by atoms with van der Waals surface area (Å²) in [5.41, 5.74) is 1.01.